The summed E-state index contributed by atoms with van der Waals surface area (Å²) in [4.78, 5) is 51.7. The number of halogens is 6. The van der Waals surface area contributed by atoms with E-state index in [9.17, 15) is 45.5 Å². The molecule has 0 spiro atoms. The van der Waals surface area contributed by atoms with E-state index in [4.69, 9.17) is 9.84 Å². The number of amides is 2. The second-order valence-corrected chi connectivity index (χ2v) is 13.3. The molecule has 0 radical (unpaired) electrons. The first kappa shape index (κ1) is 42.0. The highest BCUT2D eigenvalue weighted by Gasteiger charge is 2.31. The number of carbonyl (C=O) groups excluding carboxylic acids is 3. The first-order valence-corrected chi connectivity index (χ1v) is 18.2. The summed E-state index contributed by atoms with van der Waals surface area (Å²) >= 11 is 0. The second-order valence-electron chi connectivity index (χ2n) is 13.3. The van der Waals surface area contributed by atoms with Gasteiger partial charge < -0.3 is 30.4 Å². The van der Waals surface area contributed by atoms with E-state index in [-0.39, 0.29) is 6.61 Å². The lowest BCUT2D eigenvalue weighted by atomic mass is 10.1. The first-order chi connectivity index (χ1) is 29.5. The fourth-order valence-electron chi connectivity index (χ4n) is 6.19. The van der Waals surface area contributed by atoms with Crippen LogP contribution in [0.1, 0.15) is 18.1 Å². The Morgan fingerprint density at radius 3 is 1.44 bits per heavy atom. The molecule has 0 aliphatic heterocycles. The van der Waals surface area contributed by atoms with Crippen LogP contribution >= 0.6 is 0 Å². The number of anilines is 2. The molecule has 0 fully saturated rings. The van der Waals surface area contributed by atoms with Gasteiger partial charge in [-0.2, -0.15) is 36.5 Å². The zero-order valence-electron chi connectivity index (χ0n) is 31.8. The Morgan fingerprint density at radius 2 is 1.05 bits per heavy atom. The molecule has 0 saturated heterocycles. The van der Waals surface area contributed by atoms with Gasteiger partial charge in [-0.25, -0.2) is 19.0 Å². The van der Waals surface area contributed by atoms with Crippen molar-refractivity contribution < 1.29 is 55.4 Å². The average Bonchev–Trinajstić information content (AvgIpc) is 4.08. The van der Waals surface area contributed by atoms with Gasteiger partial charge in [-0.15, -0.1) is 0 Å². The van der Waals surface area contributed by atoms with E-state index >= 15 is 0 Å². The van der Waals surface area contributed by atoms with E-state index in [1.807, 2.05) is 6.07 Å². The van der Waals surface area contributed by atoms with Crippen LogP contribution in [0, 0.1) is 0 Å². The molecule has 0 unspecified atom stereocenters. The van der Waals surface area contributed by atoms with E-state index in [0.717, 1.165) is 46.5 Å². The van der Waals surface area contributed by atoms with Crippen molar-refractivity contribution in [1.29, 1.82) is 0 Å². The zero-order valence-corrected chi connectivity index (χ0v) is 31.8. The molecule has 0 aliphatic rings. The Kier molecular flexibility index (Phi) is 11.4. The number of fused-ring (bicyclic) bond motifs is 2. The molecular formula is C42H30F6N8O6. The Labute approximate surface area is 344 Å². The van der Waals surface area contributed by atoms with Gasteiger partial charge in [0.1, 0.15) is 0 Å². The highest BCUT2D eigenvalue weighted by molar-refractivity contribution is 6.38. The minimum Gasteiger partial charge on any atom is -0.474 e. The number of alkyl halides is 6. The van der Waals surface area contributed by atoms with E-state index in [1.54, 1.807) is 68.2 Å². The third-order valence-electron chi connectivity index (χ3n) is 9.27. The fourth-order valence-corrected chi connectivity index (χ4v) is 6.19. The van der Waals surface area contributed by atoms with Crippen molar-refractivity contribution >= 4 is 56.9 Å². The Hall–Kier alpha value is -8.16. The smallest absolute Gasteiger partial charge is 0.416 e. The number of carboxylic acids is 1. The SMILES string of the molecule is CCOC(=O)C(=O)Nc1c[nH]c2ccc(-c3cnn(-c4ccc(C(F)(F)F)cc4)c3)cc12.O=C(O)C(=O)Nc1c[nH]c2ccc(-c3cnn(-c4ccc(C(F)(F)F)cc4)c3)cc12. The number of hydrogen-bond acceptors (Lipinski definition) is 7. The molecule has 0 aliphatic carbocycles. The summed E-state index contributed by atoms with van der Waals surface area (Å²) in [6.45, 7) is 1.70. The van der Waals surface area contributed by atoms with Crippen molar-refractivity contribution in [1.82, 2.24) is 29.5 Å². The van der Waals surface area contributed by atoms with Gasteiger partial charge in [0.05, 0.1) is 52.9 Å². The van der Waals surface area contributed by atoms with Gasteiger partial charge in [-0.3, -0.25) is 9.59 Å². The molecule has 0 atom stereocenters. The fraction of sp³-hybridized carbons (Fsp3) is 0.0952. The summed E-state index contributed by atoms with van der Waals surface area (Å²) in [5, 5.41) is 23.3. The molecule has 316 valence electrons. The minimum absolute atomic E-state index is 0.0905. The van der Waals surface area contributed by atoms with Crippen LogP contribution in [0.25, 0.3) is 55.4 Å². The number of carboxylic acid groups (broad SMARTS) is 1. The number of H-pyrrole nitrogens is 2. The largest absolute Gasteiger partial charge is 0.474 e. The lowest BCUT2D eigenvalue weighted by Gasteiger charge is -2.07. The van der Waals surface area contributed by atoms with Gasteiger partial charge in [0, 0.05) is 57.7 Å². The lowest BCUT2D eigenvalue weighted by molar-refractivity contribution is -0.152. The number of aliphatic carboxylic acids is 1. The quantitative estimate of drug-likeness (QED) is 0.0598. The van der Waals surface area contributed by atoms with Gasteiger partial charge in [0.15, 0.2) is 0 Å². The molecule has 62 heavy (non-hydrogen) atoms. The summed E-state index contributed by atoms with van der Waals surface area (Å²) in [5.74, 6) is -4.61. The zero-order chi connectivity index (χ0) is 44.3. The van der Waals surface area contributed by atoms with Crippen LogP contribution in [0.3, 0.4) is 0 Å². The third kappa shape index (κ3) is 9.18. The van der Waals surface area contributed by atoms with E-state index in [0.29, 0.717) is 44.6 Å². The predicted molar refractivity (Wildman–Crippen MR) is 213 cm³/mol. The van der Waals surface area contributed by atoms with Crippen LogP contribution in [0.4, 0.5) is 37.7 Å². The average molecular weight is 857 g/mol. The number of aromatic nitrogens is 6. The minimum atomic E-state index is -4.41. The van der Waals surface area contributed by atoms with Crippen LogP contribution < -0.4 is 10.6 Å². The van der Waals surface area contributed by atoms with Crippen molar-refractivity contribution in [3.63, 3.8) is 0 Å². The van der Waals surface area contributed by atoms with Gasteiger partial charge in [0.25, 0.3) is 0 Å². The summed E-state index contributed by atoms with van der Waals surface area (Å²) in [6, 6.07) is 20.1. The molecule has 4 heterocycles. The molecular weight excluding hydrogens is 826 g/mol. The lowest BCUT2D eigenvalue weighted by Crippen LogP contribution is -2.24. The number of esters is 1. The van der Waals surface area contributed by atoms with E-state index in [2.05, 4.69) is 30.8 Å². The molecule has 20 heteroatoms. The number of aromatic amines is 2. The number of nitrogens with one attached hydrogen (secondary N) is 4. The van der Waals surface area contributed by atoms with Crippen molar-refractivity contribution in [2.75, 3.05) is 17.2 Å². The maximum atomic E-state index is 12.8. The van der Waals surface area contributed by atoms with Crippen LogP contribution in [0.2, 0.25) is 0 Å². The molecule has 4 aromatic carbocycles. The Bertz CT molecular complexity index is 2950. The highest BCUT2D eigenvalue weighted by Crippen LogP contribution is 2.33. The number of rotatable bonds is 7. The second kappa shape index (κ2) is 16.8. The summed E-state index contributed by atoms with van der Waals surface area (Å²) < 4.78 is 84.1. The topological polar surface area (TPSA) is 189 Å². The van der Waals surface area contributed by atoms with Crippen LogP contribution in [0.5, 0.6) is 0 Å². The van der Waals surface area contributed by atoms with Crippen molar-refractivity contribution in [2.24, 2.45) is 0 Å². The molecule has 2 amide bonds. The summed E-state index contributed by atoms with van der Waals surface area (Å²) in [7, 11) is 0. The van der Waals surface area contributed by atoms with E-state index < -0.39 is 47.2 Å². The van der Waals surface area contributed by atoms with Crippen LogP contribution in [-0.2, 0) is 36.3 Å². The summed E-state index contributed by atoms with van der Waals surface area (Å²) in [5.41, 5.74) is 4.52. The molecule has 0 bridgehead atoms. The molecule has 0 saturated carbocycles. The number of ether oxygens (including phenoxy) is 1. The summed E-state index contributed by atoms with van der Waals surface area (Å²) in [6.07, 6.45) is 0.731. The molecule has 8 aromatic rings. The molecule has 5 N–H and O–H groups in total. The maximum Gasteiger partial charge on any atom is 0.416 e. The number of carbonyl (C=O) groups is 4. The van der Waals surface area contributed by atoms with Gasteiger partial charge in [-0.1, -0.05) is 12.1 Å². The van der Waals surface area contributed by atoms with Gasteiger partial charge in [-0.05, 0) is 90.8 Å². The number of nitrogens with zero attached hydrogens (tertiary/aromatic N) is 4. The monoisotopic (exact) mass is 856 g/mol. The molecule has 8 rings (SSSR count). The van der Waals surface area contributed by atoms with Crippen molar-refractivity contribution in [2.45, 2.75) is 19.3 Å². The van der Waals surface area contributed by atoms with Gasteiger partial charge >= 0.3 is 36.1 Å². The number of benzene rings is 4. The number of hydrogen-bond donors (Lipinski definition) is 5. The maximum absolute atomic E-state index is 12.8. The van der Waals surface area contributed by atoms with Crippen LogP contribution in [-0.4, -0.2) is 65.0 Å². The van der Waals surface area contributed by atoms with Crippen molar-refractivity contribution in [3.8, 4) is 33.6 Å². The van der Waals surface area contributed by atoms with Gasteiger partial charge in [0.2, 0.25) is 0 Å². The molecule has 4 aromatic heterocycles. The van der Waals surface area contributed by atoms with Crippen molar-refractivity contribution in [3.05, 3.63) is 133 Å². The standard InChI is InChI=1S/C22H17F3N4O3.C20H13F3N4O3/c1-2-32-21(31)20(30)28-19-11-26-18-8-3-13(9-17(18)19)14-10-27-29(12-14)16-6-4-15(5-7-16)22(23,24)25;21-20(22,23)13-2-4-14(5-3-13)27-10-12(8-25-27)11-1-6-16-15(7-11)17(9-24-16)26-18(28)19(29)30/h3-12,26H,2H2,1H3,(H,28,30);1-10,24H,(H,26,28)(H,29,30). The first-order valence-electron chi connectivity index (χ1n) is 18.2. The Morgan fingerprint density at radius 1 is 0.629 bits per heavy atom. The molecule has 14 nitrogen and oxygen atoms in total. The Balaban J connectivity index is 0.000000187. The normalized spacial score (nSPS) is 11.5. The highest BCUT2D eigenvalue weighted by atomic mass is 19.4. The van der Waals surface area contributed by atoms with E-state index in [1.165, 1.54) is 39.8 Å². The van der Waals surface area contributed by atoms with Crippen LogP contribution in [0.15, 0.2) is 122 Å². The third-order valence-corrected chi connectivity index (χ3v) is 9.27. The predicted octanol–water partition coefficient (Wildman–Crippen LogP) is 8.60.